The molecular formula is C27H23N5Na4O20S6. The molecule has 0 spiro atoms. The number of rotatable bonds is 26. The fourth-order valence-corrected chi connectivity index (χ4v) is 7.98. The van der Waals surface area contributed by atoms with Gasteiger partial charge in [0, 0.05) is 23.9 Å². The average molecular weight is 1020 g/mol. The number of fused-ring (bicyclic) bond motifs is 1. The van der Waals surface area contributed by atoms with E-state index in [-0.39, 0.29) is 216 Å². The summed E-state index contributed by atoms with van der Waals surface area (Å²) in [5.74, 6) is -1.77. The van der Waals surface area contributed by atoms with Gasteiger partial charge in [-0.15, -0.1) is 28.3 Å². The average Bonchev–Trinajstić information content (AvgIpc) is 3.22. The van der Waals surface area contributed by atoms with Crippen molar-refractivity contribution in [2.45, 2.75) is 14.7 Å². The molecule has 0 unspecified atom stereocenters. The number of nitrogens with zero attached hydrogens (tertiary/aromatic N) is 4. The molecule has 2 N–H and O–H groups in total. The molecule has 0 aliphatic carbocycles. The molecule has 0 radical (unpaired) electrons. The van der Waals surface area contributed by atoms with E-state index in [2.05, 4.69) is 63.3 Å². The van der Waals surface area contributed by atoms with Crippen LogP contribution in [0.4, 0.5) is 28.4 Å². The summed E-state index contributed by atoms with van der Waals surface area (Å²) < 4.78 is 82.2. The van der Waals surface area contributed by atoms with E-state index < -0.39 is 43.5 Å². The number of hydrogen-bond acceptors (Lipinski definition) is 29. The number of benzene rings is 4. The van der Waals surface area contributed by atoms with Gasteiger partial charge >= 0.3 is 118 Å². The van der Waals surface area contributed by atoms with Crippen LogP contribution in [0.15, 0.2) is 95.8 Å². The van der Waals surface area contributed by atoms with Crippen LogP contribution < -0.4 is 149 Å². The van der Waals surface area contributed by atoms with E-state index in [4.69, 9.17) is 12.5 Å². The van der Waals surface area contributed by atoms with Gasteiger partial charge in [-0.3, -0.25) is 28.5 Å². The minimum atomic E-state index is -4.03. The van der Waals surface area contributed by atoms with Crippen molar-refractivity contribution in [1.82, 2.24) is 0 Å². The van der Waals surface area contributed by atoms with Crippen molar-refractivity contribution < 1.29 is 211 Å². The van der Waals surface area contributed by atoms with Crippen molar-refractivity contribution >= 4 is 108 Å². The molecule has 35 heteroatoms. The number of phenolic OH excluding ortho intramolecular Hbond substituents is 1. The van der Waals surface area contributed by atoms with Gasteiger partial charge in [0.1, 0.15) is 17.1 Å². The molecule has 0 aromatic heterocycles. The van der Waals surface area contributed by atoms with E-state index in [1.54, 1.807) is 7.05 Å². The summed E-state index contributed by atoms with van der Waals surface area (Å²) in [4.78, 5) is -0.383. The molecule has 0 aliphatic heterocycles. The molecule has 0 fully saturated rings. The molecule has 4 aromatic carbocycles. The molecule has 0 bridgehead atoms. The fraction of sp³-hybridized carbons (Fsp3) is 0.185. The second-order valence-electron chi connectivity index (χ2n) is 10.1. The molecule has 0 saturated carbocycles. The third-order valence-electron chi connectivity index (χ3n) is 6.89. The largest absolute Gasteiger partial charge is 1.00 e. The molecular weight excluding hydrogens is 999 g/mol. The number of azo groups is 2. The Balaban J connectivity index is 0.00000930. The maximum Gasteiger partial charge on any atom is 1.00 e. The van der Waals surface area contributed by atoms with Crippen molar-refractivity contribution in [2.24, 2.45) is 20.5 Å². The summed E-state index contributed by atoms with van der Waals surface area (Å²) in [5, 5.41) is 85.1. The first-order chi connectivity index (χ1) is 28.0. The molecule has 25 nitrogen and oxygen atoms in total. The van der Waals surface area contributed by atoms with Gasteiger partial charge in [0.2, 0.25) is 0 Å². The molecule has 0 aliphatic rings. The maximum atomic E-state index is 12.9. The van der Waals surface area contributed by atoms with Gasteiger partial charge in [-0.2, -0.15) is 9.45 Å². The van der Waals surface area contributed by atoms with Gasteiger partial charge < -0.3 is 35.6 Å². The summed E-state index contributed by atoms with van der Waals surface area (Å²) in [7, 11) is -6.29. The predicted molar refractivity (Wildman–Crippen MR) is 190 cm³/mol. The topological polar surface area (TPSA) is 344 Å². The van der Waals surface area contributed by atoms with Crippen LogP contribution in [-0.2, 0) is 65.5 Å². The minimum absolute atomic E-state index is 0. The Morgan fingerprint density at radius 1 is 0.629 bits per heavy atom. The summed E-state index contributed by atoms with van der Waals surface area (Å²) in [6.45, 7) is -0.740. The third-order valence-corrected chi connectivity index (χ3v) is 12.0. The van der Waals surface area contributed by atoms with Crippen LogP contribution >= 0.6 is 49.0 Å². The van der Waals surface area contributed by atoms with E-state index >= 15 is 0 Å². The molecule has 0 heterocycles. The number of aromatic hydroxyl groups is 1. The van der Waals surface area contributed by atoms with E-state index in [9.17, 15) is 43.0 Å². The van der Waals surface area contributed by atoms with E-state index in [1.165, 1.54) is 54.6 Å². The van der Waals surface area contributed by atoms with Crippen LogP contribution in [0.5, 0.6) is 11.5 Å². The number of sulfone groups is 2. The first-order valence-corrected chi connectivity index (χ1v) is 21.0. The summed E-state index contributed by atoms with van der Waals surface area (Å²) >= 11 is 0.684. The monoisotopic (exact) mass is 1020 g/mol. The van der Waals surface area contributed by atoms with Gasteiger partial charge in [-0.1, -0.05) is 0 Å². The van der Waals surface area contributed by atoms with E-state index in [0.717, 1.165) is 6.07 Å². The first kappa shape index (κ1) is 62.5. The van der Waals surface area contributed by atoms with Crippen LogP contribution in [0.3, 0.4) is 0 Å². The van der Waals surface area contributed by atoms with Gasteiger partial charge in [0.15, 0.2) is 55.8 Å². The minimum Gasteiger partial charge on any atom is -0.691 e. The number of hydrogen-bond donors (Lipinski definition) is 2. The molecule has 0 saturated heterocycles. The van der Waals surface area contributed by atoms with Crippen molar-refractivity contribution in [3.05, 3.63) is 60.7 Å². The van der Waals surface area contributed by atoms with E-state index in [1.807, 2.05) is 0 Å². The molecule has 62 heavy (non-hydrogen) atoms. The Kier molecular flexibility index (Phi) is 33.3. The van der Waals surface area contributed by atoms with Gasteiger partial charge in [-0.25, -0.2) is 16.8 Å². The maximum absolute atomic E-state index is 12.9. The quantitative estimate of drug-likeness (QED) is 0.0147. The number of phenols is 1. The van der Waals surface area contributed by atoms with Crippen molar-refractivity contribution in [3.8, 4) is 11.5 Å². The smallest absolute Gasteiger partial charge is 0.691 e. The summed E-state index contributed by atoms with van der Waals surface area (Å²) in [6.07, 6.45) is 0. The van der Waals surface area contributed by atoms with Crippen LogP contribution in [-0.4, -0.2) is 53.7 Å². The van der Waals surface area contributed by atoms with Crippen LogP contribution in [0.1, 0.15) is 0 Å². The molecule has 4 rings (SSSR count). The zero-order chi connectivity index (χ0) is 42.0. The van der Waals surface area contributed by atoms with Crippen LogP contribution in [0, 0.1) is 0 Å². The Morgan fingerprint density at radius 2 is 1.18 bits per heavy atom. The normalized spacial score (nSPS) is 11.5. The second kappa shape index (κ2) is 33.1. The summed E-state index contributed by atoms with van der Waals surface area (Å²) in [5.41, 5.74) is 0.301. The van der Waals surface area contributed by atoms with Gasteiger partial charge in [-0.05, 0) is 54.6 Å². The number of nitrogens with one attached hydrogen (secondary N) is 1. The zero-order valence-corrected chi connectivity index (χ0v) is 45.4. The molecule has 4 aromatic rings. The van der Waals surface area contributed by atoms with Gasteiger partial charge in [0.05, 0.1) is 62.8 Å². The molecule has 316 valence electrons. The van der Waals surface area contributed by atoms with Crippen LogP contribution in [0.2, 0.25) is 0 Å². The zero-order valence-electron chi connectivity index (χ0n) is 32.5. The van der Waals surface area contributed by atoms with Gasteiger partial charge in [0.25, 0.3) is 12.3 Å². The Morgan fingerprint density at radius 3 is 1.76 bits per heavy atom. The fourth-order valence-electron chi connectivity index (χ4n) is 4.41. The second-order valence-corrected chi connectivity index (χ2v) is 16.5. The van der Waals surface area contributed by atoms with E-state index in [0.29, 0.717) is 17.7 Å². The number of anilines is 1. The standard InChI is InChI=1S/C27H27N5O20S6.4Na/c1-28-22-9-7-19-20(25(22)31-30-21-8-6-18(14-23(21)44-56-52-48-37)58(40,41)13-11-43-55-51-47-36)15-24(53-49-45-34)26(27(19)33)32-29-16-2-4-17(5-3-16)57(38,39)12-10-42-54-50-46-35;;;;/h2-9,14-15,28,33-37H,10-13H2,1H3;;;;/q;4*+1/p-4. The first-order valence-electron chi connectivity index (χ1n) is 15.0. The summed E-state index contributed by atoms with van der Waals surface area (Å²) in [6, 6.07) is 13.0. The molecule has 0 amide bonds. The molecule has 0 atom stereocenters. The SMILES string of the molecule is CNc1ccc2c(O)c(N=Nc3ccc(S(=O)(=O)CCOSOO[O-])cc3)c(SOO[O-])cc2c1N=Nc1ccc(S(=O)(=O)CCOSOO[O-])cc1OSOO[O-].[Na+].[Na+].[Na+].[Na+]. The Hall–Kier alpha value is 0.480. The predicted octanol–water partition coefficient (Wildman–Crippen LogP) is -9.02. The van der Waals surface area contributed by atoms with Crippen molar-refractivity contribution in [1.29, 1.82) is 0 Å². The van der Waals surface area contributed by atoms with Crippen molar-refractivity contribution in [3.63, 3.8) is 0 Å². The van der Waals surface area contributed by atoms with Crippen molar-refractivity contribution in [2.75, 3.05) is 37.1 Å². The van der Waals surface area contributed by atoms with Crippen LogP contribution in [0.25, 0.3) is 10.8 Å². The Bertz CT molecular complexity index is 2260. The Labute approximate surface area is 457 Å². The third kappa shape index (κ3) is 19.2.